The molecule has 1 saturated carbocycles. The lowest BCUT2D eigenvalue weighted by atomic mass is 10.2. The maximum Gasteiger partial charge on any atom is 0.322 e. The largest absolute Gasteiger partial charge is 0.322 e. The molecule has 1 N–H and O–H groups in total. The van der Waals surface area contributed by atoms with Crippen LogP contribution < -0.4 is 5.32 Å². The number of aromatic nitrogens is 2. The zero-order valence-corrected chi connectivity index (χ0v) is 13.8. The predicted molar refractivity (Wildman–Crippen MR) is 91.5 cm³/mol. The van der Waals surface area contributed by atoms with Gasteiger partial charge >= 0.3 is 6.03 Å². The molecule has 0 unspecified atom stereocenters. The molecule has 0 radical (unpaired) electrons. The van der Waals surface area contributed by atoms with E-state index in [1.165, 1.54) is 0 Å². The normalized spacial score (nSPS) is 13.3. The number of nitrogens with zero attached hydrogens (tertiary/aromatic N) is 4. The molecule has 0 saturated heterocycles. The van der Waals surface area contributed by atoms with Crippen LogP contribution in [0.5, 0.6) is 0 Å². The average molecular weight is 323 g/mol. The van der Waals surface area contributed by atoms with Gasteiger partial charge in [-0.1, -0.05) is 12.1 Å². The standard InChI is InChI=1S/C18H21N5O/c1-14-11-20-22(12-14)13-15-3-5-16(6-4-15)21-18(24)23(10-2-9-19)17-7-8-17/h3-6,11-12,17H,2,7-8,10,13H2,1H3,(H,21,24). The van der Waals surface area contributed by atoms with Crippen LogP contribution in [0, 0.1) is 18.3 Å². The van der Waals surface area contributed by atoms with Crippen LogP contribution in [0.4, 0.5) is 10.5 Å². The minimum atomic E-state index is -0.122. The van der Waals surface area contributed by atoms with Crippen molar-refractivity contribution in [2.45, 2.75) is 38.8 Å². The number of benzene rings is 1. The predicted octanol–water partition coefficient (Wildman–Crippen LogP) is 3.15. The minimum absolute atomic E-state index is 0.122. The Labute approximate surface area is 141 Å². The summed E-state index contributed by atoms with van der Waals surface area (Å²) >= 11 is 0. The lowest BCUT2D eigenvalue weighted by Gasteiger charge is -2.21. The zero-order chi connectivity index (χ0) is 16.9. The highest BCUT2D eigenvalue weighted by Crippen LogP contribution is 2.27. The minimum Gasteiger partial charge on any atom is -0.321 e. The van der Waals surface area contributed by atoms with Crippen LogP contribution in [0.3, 0.4) is 0 Å². The maximum absolute atomic E-state index is 12.4. The molecule has 0 atom stereocenters. The molecule has 0 spiro atoms. The molecule has 6 nitrogen and oxygen atoms in total. The number of amides is 2. The van der Waals surface area contributed by atoms with Crippen molar-refractivity contribution in [1.29, 1.82) is 5.26 Å². The Bertz CT molecular complexity index is 740. The summed E-state index contributed by atoms with van der Waals surface area (Å²) in [6, 6.07) is 10.1. The van der Waals surface area contributed by atoms with Crippen molar-refractivity contribution in [3.8, 4) is 6.07 Å². The molecular weight excluding hydrogens is 302 g/mol. The smallest absolute Gasteiger partial charge is 0.321 e. The molecule has 1 aromatic carbocycles. The van der Waals surface area contributed by atoms with E-state index in [0.29, 0.717) is 25.6 Å². The van der Waals surface area contributed by atoms with Crippen molar-refractivity contribution in [3.05, 3.63) is 47.8 Å². The van der Waals surface area contributed by atoms with Crippen molar-refractivity contribution >= 4 is 11.7 Å². The summed E-state index contributed by atoms with van der Waals surface area (Å²) in [6.07, 6.45) is 6.26. The summed E-state index contributed by atoms with van der Waals surface area (Å²) in [7, 11) is 0. The first-order chi connectivity index (χ1) is 11.7. The van der Waals surface area contributed by atoms with Gasteiger partial charge in [-0.2, -0.15) is 10.4 Å². The fraction of sp³-hybridized carbons (Fsp3) is 0.389. The van der Waals surface area contributed by atoms with Gasteiger partial charge in [0.15, 0.2) is 0 Å². The molecule has 1 aliphatic carbocycles. The molecule has 1 fully saturated rings. The van der Waals surface area contributed by atoms with E-state index >= 15 is 0 Å². The number of carbonyl (C=O) groups excluding carboxylic acids is 1. The molecule has 1 aromatic heterocycles. The Hall–Kier alpha value is -2.81. The third-order valence-electron chi connectivity index (χ3n) is 4.03. The summed E-state index contributed by atoms with van der Waals surface area (Å²) < 4.78 is 1.89. The molecule has 2 aromatic rings. The van der Waals surface area contributed by atoms with Crippen LogP contribution in [0.2, 0.25) is 0 Å². The van der Waals surface area contributed by atoms with Crippen LogP contribution in [-0.4, -0.2) is 33.3 Å². The van der Waals surface area contributed by atoms with Crippen LogP contribution in [0.15, 0.2) is 36.7 Å². The van der Waals surface area contributed by atoms with Crippen molar-refractivity contribution in [2.75, 3.05) is 11.9 Å². The van der Waals surface area contributed by atoms with Crippen molar-refractivity contribution in [3.63, 3.8) is 0 Å². The van der Waals surface area contributed by atoms with Crippen molar-refractivity contribution in [1.82, 2.24) is 14.7 Å². The van der Waals surface area contributed by atoms with Gasteiger partial charge in [0, 0.05) is 24.5 Å². The van der Waals surface area contributed by atoms with E-state index in [1.807, 2.05) is 48.3 Å². The molecule has 2 amide bonds. The van der Waals surface area contributed by atoms with Crippen molar-refractivity contribution < 1.29 is 4.79 Å². The summed E-state index contributed by atoms with van der Waals surface area (Å²) in [6.45, 7) is 3.21. The van der Waals surface area contributed by atoms with Crippen LogP contribution >= 0.6 is 0 Å². The van der Waals surface area contributed by atoms with Gasteiger partial charge in [-0.25, -0.2) is 4.79 Å². The molecule has 3 rings (SSSR count). The maximum atomic E-state index is 12.4. The first-order valence-electron chi connectivity index (χ1n) is 8.18. The van der Waals surface area contributed by atoms with Gasteiger partial charge in [0.25, 0.3) is 0 Å². The third-order valence-corrected chi connectivity index (χ3v) is 4.03. The first kappa shape index (κ1) is 16.1. The lowest BCUT2D eigenvalue weighted by molar-refractivity contribution is 0.210. The molecule has 6 heteroatoms. The first-order valence-corrected chi connectivity index (χ1v) is 8.18. The number of hydrogen-bond donors (Lipinski definition) is 1. The number of aryl methyl sites for hydroxylation is 1. The Kier molecular flexibility index (Phi) is 4.80. The number of anilines is 1. The SMILES string of the molecule is Cc1cnn(Cc2ccc(NC(=O)N(CCC#N)C3CC3)cc2)c1. The topological polar surface area (TPSA) is 74.0 Å². The molecule has 0 bridgehead atoms. The zero-order valence-electron chi connectivity index (χ0n) is 13.8. The van der Waals surface area contributed by atoms with Gasteiger partial charge in [0.05, 0.1) is 25.2 Å². The van der Waals surface area contributed by atoms with E-state index in [0.717, 1.165) is 29.7 Å². The average Bonchev–Trinajstić information content (AvgIpc) is 3.32. The van der Waals surface area contributed by atoms with E-state index in [2.05, 4.69) is 16.5 Å². The molecule has 124 valence electrons. The number of hydrogen-bond acceptors (Lipinski definition) is 3. The number of urea groups is 1. The molecule has 1 aliphatic rings. The molecular formula is C18H21N5O. The Balaban J connectivity index is 1.58. The van der Waals surface area contributed by atoms with Gasteiger partial charge in [-0.3, -0.25) is 4.68 Å². The lowest BCUT2D eigenvalue weighted by Crippen LogP contribution is -2.37. The second-order valence-electron chi connectivity index (χ2n) is 6.18. The third kappa shape index (κ3) is 4.13. The summed E-state index contributed by atoms with van der Waals surface area (Å²) in [4.78, 5) is 14.1. The summed E-state index contributed by atoms with van der Waals surface area (Å²) in [5.41, 5.74) is 3.03. The second kappa shape index (κ2) is 7.18. The summed E-state index contributed by atoms with van der Waals surface area (Å²) in [5.74, 6) is 0. The highest BCUT2D eigenvalue weighted by molar-refractivity contribution is 5.89. The fourth-order valence-corrected chi connectivity index (χ4v) is 2.64. The number of nitriles is 1. The van der Waals surface area contributed by atoms with Crippen molar-refractivity contribution in [2.24, 2.45) is 0 Å². The highest BCUT2D eigenvalue weighted by Gasteiger charge is 2.32. The fourth-order valence-electron chi connectivity index (χ4n) is 2.64. The van der Waals surface area contributed by atoms with Gasteiger partial charge in [0.1, 0.15) is 0 Å². The van der Waals surface area contributed by atoms with E-state index in [4.69, 9.17) is 5.26 Å². The van der Waals surface area contributed by atoms with Gasteiger partial charge < -0.3 is 10.2 Å². The van der Waals surface area contributed by atoms with Gasteiger partial charge in [-0.05, 0) is 43.0 Å². The van der Waals surface area contributed by atoms with E-state index < -0.39 is 0 Å². The van der Waals surface area contributed by atoms with Crippen LogP contribution in [0.1, 0.15) is 30.4 Å². The second-order valence-corrected chi connectivity index (χ2v) is 6.18. The quantitative estimate of drug-likeness (QED) is 0.887. The van der Waals surface area contributed by atoms with Gasteiger partial charge in [-0.15, -0.1) is 0 Å². The van der Waals surface area contributed by atoms with Gasteiger partial charge in [0.2, 0.25) is 0 Å². The molecule has 24 heavy (non-hydrogen) atoms. The number of carbonyl (C=O) groups is 1. The van der Waals surface area contributed by atoms with E-state index in [1.54, 1.807) is 4.90 Å². The Morgan fingerprint density at radius 3 is 2.75 bits per heavy atom. The number of rotatable bonds is 6. The Morgan fingerprint density at radius 1 is 1.42 bits per heavy atom. The van der Waals surface area contributed by atoms with Crippen LogP contribution in [0.25, 0.3) is 0 Å². The van der Waals surface area contributed by atoms with Crippen LogP contribution in [-0.2, 0) is 6.54 Å². The molecule has 1 heterocycles. The van der Waals surface area contributed by atoms with E-state index in [9.17, 15) is 4.79 Å². The highest BCUT2D eigenvalue weighted by atomic mass is 16.2. The monoisotopic (exact) mass is 323 g/mol. The molecule has 0 aliphatic heterocycles. The summed E-state index contributed by atoms with van der Waals surface area (Å²) in [5, 5.41) is 15.9. The van der Waals surface area contributed by atoms with E-state index in [-0.39, 0.29) is 6.03 Å². The Morgan fingerprint density at radius 2 is 2.17 bits per heavy atom. The number of nitrogens with one attached hydrogen (secondary N) is 1.